The lowest BCUT2D eigenvalue weighted by atomic mass is 10.4. The zero-order valence-electron chi connectivity index (χ0n) is 10.3. The number of hydrogen-bond acceptors (Lipinski definition) is 3. The highest BCUT2D eigenvalue weighted by atomic mass is 15.2. The van der Waals surface area contributed by atoms with Gasteiger partial charge >= 0.3 is 0 Å². The molecule has 2 rings (SSSR count). The van der Waals surface area contributed by atoms with Crippen LogP contribution in [0.1, 0.15) is 26.7 Å². The summed E-state index contributed by atoms with van der Waals surface area (Å²) in [5.41, 5.74) is 0. The second kappa shape index (κ2) is 5.34. The Bertz CT molecular complexity index is 313. The fourth-order valence-corrected chi connectivity index (χ4v) is 2.14. The van der Waals surface area contributed by atoms with Gasteiger partial charge in [-0.05, 0) is 39.8 Å². The van der Waals surface area contributed by atoms with E-state index in [0.717, 1.165) is 19.0 Å². The van der Waals surface area contributed by atoms with Gasteiger partial charge in [0.15, 0.2) is 0 Å². The van der Waals surface area contributed by atoms with Gasteiger partial charge in [0.2, 0.25) is 5.95 Å². The Labute approximate surface area is 97.7 Å². The average Bonchev–Trinajstić information content (AvgIpc) is 2.84. The highest BCUT2D eigenvalue weighted by Crippen LogP contribution is 2.10. The van der Waals surface area contributed by atoms with E-state index in [1.165, 1.54) is 25.9 Å². The van der Waals surface area contributed by atoms with Crippen LogP contribution in [-0.2, 0) is 6.54 Å². The number of aromatic nitrogens is 2. The van der Waals surface area contributed by atoms with Gasteiger partial charge in [-0.1, -0.05) is 0 Å². The highest BCUT2D eigenvalue weighted by molar-refractivity contribution is 5.26. The molecule has 1 N–H and O–H groups in total. The van der Waals surface area contributed by atoms with E-state index in [2.05, 4.69) is 39.8 Å². The summed E-state index contributed by atoms with van der Waals surface area (Å²) in [6, 6.07) is 0.438. The lowest BCUT2D eigenvalue weighted by Gasteiger charge is -2.17. The molecule has 0 atom stereocenters. The van der Waals surface area contributed by atoms with Gasteiger partial charge in [0.05, 0.1) is 0 Å². The summed E-state index contributed by atoms with van der Waals surface area (Å²) < 4.78 is 2.21. The number of nitrogens with zero attached hydrogens (tertiary/aromatic N) is 3. The summed E-state index contributed by atoms with van der Waals surface area (Å²) in [7, 11) is 0. The van der Waals surface area contributed by atoms with Crippen molar-refractivity contribution in [2.45, 2.75) is 39.3 Å². The molecule has 0 spiro atoms. The molecule has 1 saturated heterocycles. The summed E-state index contributed by atoms with van der Waals surface area (Å²) in [6.07, 6.45) is 6.65. The zero-order valence-corrected chi connectivity index (χ0v) is 10.3. The standard InChI is InChI=1S/C12H22N4/c1-11(2)14-12-13-5-8-16(12)10-9-15-6-3-4-7-15/h5,8,11H,3-4,6-7,9-10H2,1-2H3,(H,13,14). The van der Waals surface area contributed by atoms with Gasteiger partial charge in [-0.2, -0.15) is 0 Å². The number of hydrogen-bond donors (Lipinski definition) is 1. The fourth-order valence-electron chi connectivity index (χ4n) is 2.14. The first-order chi connectivity index (χ1) is 7.75. The van der Waals surface area contributed by atoms with Crippen LogP contribution in [0.25, 0.3) is 0 Å². The molecule has 0 radical (unpaired) electrons. The Kier molecular flexibility index (Phi) is 3.83. The van der Waals surface area contributed by atoms with E-state index in [1.54, 1.807) is 0 Å². The molecule has 4 nitrogen and oxygen atoms in total. The summed E-state index contributed by atoms with van der Waals surface area (Å²) in [5.74, 6) is 0.995. The molecule has 4 heteroatoms. The average molecular weight is 222 g/mol. The highest BCUT2D eigenvalue weighted by Gasteiger charge is 2.11. The molecule has 0 aromatic carbocycles. The Hall–Kier alpha value is -1.03. The van der Waals surface area contributed by atoms with Crippen molar-refractivity contribution >= 4 is 5.95 Å². The molecule has 1 aliphatic rings. The molecular formula is C12H22N4. The van der Waals surface area contributed by atoms with Crippen LogP contribution < -0.4 is 5.32 Å². The van der Waals surface area contributed by atoms with Crippen molar-refractivity contribution in [1.82, 2.24) is 14.5 Å². The maximum Gasteiger partial charge on any atom is 0.203 e. The van der Waals surface area contributed by atoms with E-state index < -0.39 is 0 Å². The topological polar surface area (TPSA) is 33.1 Å². The number of anilines is 1. The number of imidazole rings is 1. The first-order valence-electron chi connectivity index (χ1n) is 6.26. The van der Waals surface area contributed by atoms with Crippen LogP contribution in [0.15, 0.2) is 12.4 Å². The minimum atomic E-state index is 0.438. The minimum Gasteiger partial charge on any atom is -0.353 e. The molecule has 2 heterocycles. The molecule has 90 valence electrons. The minimum absolute atomic E-state index is 0.438. The van der Waals surface area contributed by atoms with Crippen molar-refractivity contribution in [2.24, 2.45) is 0 Å². The molecule has 0 bridgehead atoms. The SMILES string of the molecule is CC(C)Nc1nccn1CCN1CCCC1. The van der Waals surface area contributed by atoms with E-state index in [-0.39, 0.29) is 0 Å². The maximum absolute atomic E-state index is 4.33. The number of rotatable bonds is 5. The van der Waals surface area contributed by atoms with Gasteiger partial charge in [-0.3, -0.25) is 0 Å². The Morgan fingerprint density at radius 2 is 2.06 bits per heavy atom. The monoisotopic (exact) mass is 222 g/mol. The van der Waals surface area contributed by atoms with Crippen molar-refractivity contribution in [1.29, 1.82) is 0 Å². The van der Waals surface area contributed by atoms with Crippen LogP contribution in [0, 0.1) is 0 Å². The molecule has 1 fully saturated rings. The second-order valence-electron chi connectivity index (χ2n) is 4.79. The largest absolute Gasteiger partial charge is 0.353 e. The summed E-state index contributed by atoms with van der Waals surface area (Å²) in [4.78, 5) is 6.86. The van der Waals surface area contributed by atoms with Gasteiger partial charge < -0.3 is 14.8 Å². The van der Waals surface area contributed by atoms with E-state index in [4.69, 9.17) is 0 Å². The lowest BCUT2D eigenvalue weighted by Crippen LogP contribution is -2.25. The molecule has 0 aliphatic carbocycles. The van der Waals surface area contributed by atoms with Crippen molar-refractivity contribution in [3.05, 3.63) is 12.4 Å². The third kappa shape index (κ3) is 2.98. The molecule has 1 aromatic heterocycles. The van der Waals surface area contributed by atoms with Gasteiger partial charge in [-0.25, -0.2) is 4.98 Å². The van der Waals surface area contributed by atoms with Crippen LogP contribution in [0.5, 0.6) is 0 Å². The van der Waals surface area contributed by atoms with Gasteiger partial charge in [0.1, 0.15) is 0 Å². The van der Waals surface area contributed by atoms with Crippen LogP contribution in [-0.4, -0.2) is 40.1 Å². The van der Waals surface area contributed by atoms with Crippen LogP contribution in [0.4, 0.5) is 5.95 Å². The Morgan fingerprint density at radius 3 is 2.75 bits per heavy atom. The normalized spacial score (nSPS) is 17.2. The second-order valence-corrected chi connectivity index (χ2v) is 4.79. The fraction of sp³-hybridized carbons (Fsp3) is 0.750. The Morgan fingerprint density at radius 1 is 1.31 bits per heavy atom. The smallest absolute Gasteiger partial charge is 0.203 e. The van der Waals surface area contributed by atoms with Gasteiger partial charge in [0, 0.05) is 31.5 Å². The van der Waals surface area contributed by atoms with Crippen LogP contribution in [0.3, 0.4) is 0 Å². The molecule has 1 aliphatic heterocycles. The zero-order chi connectivity index (χ0) is 11.4. The van der Waals surface area contributed by atoms with Crippen molar-refractivity contribution in [3.8, 4) is 0 Å². The lowest BCUT2D eigenvalue weighted by molar-refractivity contribution is 0.323. The summed E-state index contributed by atoms with van der Waals surface area (Å²) in [6.45, 7) is 8.99. The molecule has 0 unspecified atom stereocenters. The van der Waals surface area contributed by atoms with Crippen molar-refractivity contribution < 1.29 is 0 Å². The number of likely N-dealkylation sites (tertiary alicyclic amines) is 1. The summed E-state index contributed by atoms with van der Waals surface area (Å²) >= 11 is 0. The van der Waals surface area contributed by atoms with E-state index in [0.29, 0.717) is 6.04 Å². The van der Waals surface area contributed by atoms with Crippen LogP contribution in [0.2, 0.25) is 0 Å². The predicted molar refractivity (Wildman–Crippen MR) is 66.7 cm³/mol. The molecule has 0 saturated carbocycles. The predicted octanol–water partition coefficient (Wildman–Crippen LogP) is 1.80. The van der Waals surface area contributed by atoms with E-state index in [9.17, 15) is 0 Å². The molecule has 16 heavy (non-hydrogen) atoms. The number of nitrogens with one attached hydrogen (secondary N) is 1. The molecule has 0 amide bonds. The van der Waals surface area contributed by atoms with E-state index >= 15 is 0 Å². The molecular weight excluding hydrogens is 200 g/mol. The first kappa shape index (κ1) is 11.5. The third-order valence-corrected chi connectivity index (χ3v) is 2.99. The van der Waals surface area contributed by atoms with Crippen molar-refractivity contribution in [2.75, 3.05) is 25.0 Å². The van der Waals surface area contributed by atoms with E-state index in [1.807, 2.05) is 6.20 Å². The quantitative estimate of drug-likeness (QED) is 0.824. The van der Waals surface area contributed by atoms with Crippen LogP contribution >= 0.6 is 0 Å². The molecule has 1 aromatic rings. The van der Waals surface area contributed by atoms with Gasteiger partial charge in [0.25, 0.3) is 0 Å². The maximum atomic E-state index is 4.33. The van der Waals surface area contributed by atoms with Crippen molar-refractivity contribution in [3.63, 3.8) is 0 Å². The third-order valence-electron chi connectivity index (χ3n) is 2.99. The van der Waals surface area contributed by atoms with Gasteiger partial charge in [-0.15, -0.1) is 0 Å². The first-order valence-corrected chi connectivity index (χ1v) is 6.26. The Balaban J connectivity index is 1.85. The summed E-state index contributed by atoms with van der Waals surface area (Å²) in [5, 5.41) is 3.36.